The average Bonchev–Trinajstić information content (AvgIpc) is 2.87. The van der Waals surface area contributed by atoms with Gasteiger partial charge in [-0.25, -0.2) is 19.2 Å². The molecule has 0 aromatic rings. The molecule has 40 heavy (non-hydrogen) atoms. The molecule has 228 valence electrons. The molecule has 0 heterocycles. The second-order valence-electron chi connectivity index (χ2n) is 8.66. The number of rotatable bonds is 20. The van der Waals surface area contributed by atoms with E-state index in [9.17, 15) is 38.7 Å². The Morgan fingerprint density at radius 1 is 0.575 bits per heavy atom. The van der Waals surface area contributed by atoms with Crippen molar-refractivity contribution in [2.24, 2.45) is 28.7 Å². The molecule has 0 rings (SSSR count). The minimum Gasteiger partial charge on any atom is -0.480 e. The van der Waals surface area contributed by atoms with Crippen LogP contribution in [0.25, 0.3) is 0 Å². The SMILES string of the molecule is NC[C@@H](NC(=O)[C@@H](CCCNC(N)=O)NC(=O)[C@@H](CCCNC(N)=O)NC(=O)[C@H](N)CCCNC(N)=O)C(=O)O. The van der Waals surface area contributed by atoms with Crippen molar-refractivity contribution < 1.29 is 38.7 Å². The molecular weight excluding hydrogens is 534 g/mol. The molecule has 0 aliphatic carbocycles. The van der Waals surface area contributed by atoms with Gasteiger partial charge in [0.15, 0.2) is 0 Å². The Morgan fingerprint density at radius 3 is 1.27 bits per heavy atom. The zero-order valence-electron chi connectivity index (χ0n) is 22.1. The lowest BCUT2D eigenvalue weighted by Gasteiger charge is -2.25. The van der Waals surface area contributed by atoms with Crippen LogP contribution in [0.15, 0.2) is 0 Å². The second-order valence-corrected chi connectivity index (χ2v) is 8.66. The molecule has 4 atom stereocenters. The molecule has 0 bridgehead atoms. The van der Waals surface area contributed by atoms with Crippen LogP contribution in [0.3, 0.4) is 0 Å². The summed E-state index contributed by atoms with van der Waals surface area (Å²) in [6.07, 6.45) is 0.816. The van der Waals surface area contributed by atoms with Crippen LogP contribution in [0.5, 0.6) is 0 Å². The summed E-state index contributed by atoms with van der Waals surface area (Å²) in [7, 11) is 0. The normalized spacial score (nSPS) is 13.4. The predicted octanol–water partition coefficient (Wildman–Crippen LogP) is -4.84. The number of hydrogen-bond donors (Lipinski definition) is 12. The summed E-state index contributed by atoms with van der Waals surface area (Å²) in [5.41, 5.74) is 26.3. The van der Waals surface area contributed by atoms with Crippen LogP contribution in [0, 0.1) is 0 Å². The van der Waals surface area contributed by atoms with Gasteiger partial charge in [0, 0.05) is 26.2 Å². The number of carboxylic acid groups (broad SMARTS) is 1. The van der Waals surface area contributed by atoms with Crippen LogP contribution in [-0.4, -0.2) is 97.2 Å². The highest BCUT2D eigenvalue weighted by Crippen LogP contribution is 2.04. The molecule has 17 N–H and O–H groups in total. The third-order valence-corrected chi connectivity index (χ3v) is 5.38. The molecule has 0 fully saturated rings. The Kier molecular flexibility index (Phi) is 17.5. The first-order chi connectivity index (χ1) is 18.8. The van der Waals surface area contributed by atoms with Gasteiger partial charge >= 0.3 is 24.1 Å². The van der Waals surface area contributed by atoms with Gasteiger partial charge in [0.25, 0.3) is 0 Å². The topological polar surface area (TPSA) is 342 Å². The zero-order chi connectivity index (χ0) is 30.7. The molecule has 0 aromatic heterocycles. The molecule has 0 radical (unpaired) electrons. The van der Waals surface area contributed by atoms with Crippen molar-refractivity contribution in [2.75, 3.05) is 26.2 Å². The molecule has 0 saturated carbocycles. The van der Waals surface area contributed by atoms with Crippen LogP contribution in [0.1, 0.15) is 38.5 Å². The van der Waals surface area contributed by atoms with Crippen molar-refractivity contribution >= 4 is 41.8 Å². The number of primary amides is 3. The Hall–Kier alpha value is -4.39. The van der Waals surface area contributed by atoms with Gasteiger partial charge in [0.1, 0.15) is 18.1 Å². The first-order valence-corrected chi connectivity index (χ1v) is 12.5. The van der Waals surface area contributed by atoms with Gasteiger partial charge in [0.2, 0.25) is 17.7 Å². The summed E-state index contributed by atoms with van der Waals surface area (Å²) in [6.45, 7) is -0.0874. The Bertz CT molecular complexity index is 889. The van der Waals surface area contributed by atoms with Crippen molar-refractivity contribution in [3.8, 4) is 0 Å². The van der Waals surface area contributed by atoms with Crippen molar-refractivity contribution in [2.45, 2.75) is 62.7 Å². The van der Waals surface area contributed by atoms with Crippen molar-refractivity contribution in [1.29, 1.82) is 0 Å². The van der Waals surface area contributed by atoms with Crippen LogP contribution in [-0.2, 0) is 19.2 Å². The third-order valence-electron chi connectivity index (χ3n) is 5.38. The lowest BCUT2D eigenvalue weighted by Crippen LogP contribution is -2.58. The number of hydrogen-bond acceptors (Lipinski definition) is 9. The fraction of sp³-hybridized carbons (Fsp3) is 0.667. The maximum atomic E-state index is 13.2. The standard InChI is InChI=1S/C21H41N11O8/c22-10-14(18(36)37)32-17(35)13(6-3-9-29-21(26)40)31-16(34)12(5-2-8-28-20(25)39)30-15(33)11(23)4-1-7-27-19(24)38/h11-14H,1-10,22-23H2,(H,30,33)(H,31,34)(H,32,35)(H,36,37)(H3,24,27,38)(H3,25,28,39)(H3,26,29,40)/t11-,12-,13-,14-/m1/s1. The maximum Gasteiger partial charge on any atom is 0.327 e. The summed E-state index contributed by atoms with van der Waals surface area (Å²) in [5.74, 6) is -3.73. The number of nitrogens with two attached hydrogens (primary N) is 5. The highest BCUT2D eigenvalue weighted by molar-refractivity contribution is 5.94. The zero-order valence-corrected chi connectivity index (χ0v) is 22.1. The summed E-state index contributed by atoms with van der Waals surface area (Å²) in [6, 6.07) is -7.27. The van der Waals surface area contributed by atoms with Crippen molar-refractivity contribution in [1.82, 2.24) is 31.9 Å². The summed E-state index contributed by atoms with van der Waals surface area (Å²) in [5, 5.41) is 23.4. The highest BCUT2D eigenvalue weighted by Gasteiger charge is 2.29. The minimum absolute atomic E-state index is 0.00588. The molecule has 0 aliphatic rings. The van der Waals surface area contributed by atoms with Gasteiger partial charge in [-0.15, -0.1) is 0 Å². The molecule has 0 aromatic carbocycles. The Morgan fingerprint density at radius 2 is 0.925 bits per heavy atom. The van der Waals surface area contributed by atoms with E-state index in [2.05, 4.69) is 31.9 Å². The van der Waals surface area contributed by atoms with Crippen molar-refractivity contribution in [3.63, 3.8) is 0 Å². The summed E-state index contributed by atoms with van der Waals surface area (Å²) < 4.78 is 0. The molecule has 0 unspecified atom stereocenters. The lowest BCUT2D eigenvalue weighted by atomic mass is 10.1. The van der Waals surface area contributed by atoms with Gasteiger partial charge in [-0.05, 0) is 38.5 Å². The molecule has 0 aliphatic heterocycles. The Balaban J connectivity index is 5.53. The van der Waals surface area contributed by atoms with Gasteiger partial charge in [-0.3, -0.25) is 14.4 Å². The number of nitrogens with one attached hydrogen (secondary N) is 6. The van der Waals surface area contributed by atoms with Gasteiger partial charge in [-0.2, -0.15) is 0 Å². The van der Waals surface area contributed by atoms with Gasteiger partial charge in [-0.1, -0.05) is 0 Å². The molecule has 19 heteroatoms. The third kappa shape index (κ3) is 16.5. The van der Waals surface area contributed by atoms with E-state index in [1.165, 1.54) is 0 Å². The fourth-order valence-corrected chi connectivity index (χ4v) is 3.28. The fourth-order valence-electron chi connectivity index (χ4n) is 3.28. The summed E-state index contributed by atoms with van der Waals surface area (Å²) >= 11 is 0. The molecular formula is C21H41N11O8. The van der Waals surface area contributed by atoms with E-state index in [-0.39, 0.29) is 51.7 Å². The van der Waals surface area contributed by atoms with E-state index >= 15 is 0 Å². The number of urea groups is 3. The van der Waals surface area contributed by atoms with E-state index < -0.39 is 72.5 Å². The number of carbonyl (C=O) groups excluding carboxylic acids is 6. The van der Waals surface area contributed by atoms with Gasteiger partial charge < -0.3 is 65.7 Å². The number of carboxylic acids is 1. The monoisotopic (exact) mass is 575 g/mol. The quantitative estimate of drug-likeness (QED) is 0.0614. The number of aliphatic carboxylic acids is 1. The molecule has 0 spiro atoms. The van der Waals surface area contributed by atoms with Crippen LogP contribution in [0.4, 0.5) is 14.4 Å². The van der Waals surface area contributed by atoms with E-state index in [1.807, 2.05) is 0 Å². The smallest absolute Gasteiger partial charge is 0.327 e. The van der Waals surface area contributed by atoms with Crippen LogP contribution < -0.4 is 60.6 Å². The number of amides is 9. The van der Waals surface area contributed by atoms with Crippen LogP contribution >= 0.6 is 0 Å². The first-order valence-electron chi connectivity index (χ1n) is 12.5. The second kappa shape index (κ2) is 19.6. The molecule has 0 saturated heterocycles. The average molecular weight is 576 g/mol. The van der Waals surface area contributed by atoms with E-state index in [0.29, 0.717) is 6.42 Å². The van der Waals surface area contributed by atoms with Crippen molar-refractivity contribution in [3.05, 3.63) is 0 Å². The summed E-state index contributed by atoms with van der Waals surface area (Å²) in [4.78, 5) is 82.5. The van der Waals surface area contributed by atoms with E-state index in [1.54, 1.807) is 0 Å². The van der Waals surface area contributed by atoms with E-state index in [0.717, 1.165) is 0 Å². The minimum atomic E-state index is -1.42. The molecule has 19 nitrogen and oxygen atoms in total. The van der Waals surface area contributed by atoms with Gasteiger partial charge in [0.05, 0.1) is 6.04 Å². The first kappa shape index (κ1) is 35.6. The number of carbonyl (C=O) groups is 7. The van der Waals surface area contributed by atoms with E-state index in [4.69, 9.17) is 28.7 Å². The lowest BCUT2D eigenvalue weighted by molar-refractivity contribution is -0.142. The van der Waals surface area contributed by atoms with Crippen LogP contribution in [0.2, 0.25) is 0 Å². The highest BCUT2D eigenvalue weighted by atomic mass is 16.4. The largest absolute Gasteiger partial charge is 0.480 e. The Labute approximate surface area is 230 Å². The maximum absolute atomic E-state index is 13.2. The molecule has 9 amide bonds. The predicted molar refractivity (Wildman–Crippen MR) is 141 cm³/mol.